The molecule has 3 fully saturated rings. The summed E-state index contributed by atoms with van der Waals surface area (Å²) in [7, 11) is 0. The molecular weight excluding hydrogens is 526 g/mol. The predicted molar refractivity (Wildman–Crippen MR) is 157 cm³/mol. The molecule has 0 bridgehead atoms. The number of nitrogens with one attached hydrogen (secondary N) is 2. The zero-order chi connectivity index (χ0) is 29.3. The lowest BCUT2D eigenvalue weighted by atomic mass is 9.95. The molecule has 7 nitrogen and oxygen atoms in total. The summed E-state index contributed by atoms with van der Waals surface area (Å²) in [4.78, 5) is 33.6. The van der Waals surface area contributed by atoms with Crippen LogP contribution in [0.15, 0.2) is 23.0 Å². The number of H-pyrrole nitrogens is 1. The number of rotatable bonds is 9. The SMILES string of the molecule is CCN(c1cc(C2CC2CN2CCC(F)(F)CC2)cc(C(=O)NCc2c(C)cc(C)[nH]c2=O)c1C)C1CCOCC1. The van der Waals surface area contributed by atoms with Crippen molar-refractivity contribution in [1.29, 1.82) is 0 Å². The summed E-state index contributed by atoms with van der Waals surface area (Å²) >= 11 is 0. The lowest BCUT2D eigenvalue weighted by Gasteiger charge is -2.37. The van der Waals surface area contributed by atoms with Crippen LogP contribution in [0.4, 0.5) is 14.5 Å². The third-order valence-electron chi connectivity index (χ3n) is 9.28. The number of aromatic amines is 1. The molecule has 2 unspecified atom stereocenters. The van der Waals surface area contributed by atoms with Crippen LogP contribution in [0, 0.1) is 26.7 Å². The van der Waals surface area contributed by atoms with Crippen LogP contribution >= 0.6 is 0 Å². The molecule has 3 heterocycles. The van der Waals surface area contributed by atoms with Gasteiger partial charge in [-0.05, 0) is 93.7 Å². The first-order valence-electron chi connectivity index (χ1n) is 15.1. The molecule has 1 aromatic heterocycles. The third-order valence-corrected chi connectivity index (χ3v) is 9.28. The third kappa shape index (κ3) is 6.83. The number of alkyl halides is 2. The highest BCUT2D eigenvalue weighted by Crippen LogP contribution is 2.50. The molecule has 2 atom stereocenters. The molecular formula is C32H44F2N4O3. The number of piperidine rings is 1. The van der Waals surface area contributed by atoms with E-state index in [1.165, 1.54) is 0 Å². The van der Waals surface area contributed by atoms with Gasteiger partial charge in [0.05, 0.1) is 0 Å². The van der Waals surface area contributed by atoms with Crippen molar-refractivity contribution >= 4 is 11.6 Å². The number of hydrogen-bond acceptors (Lipinski definition) is 5. The van der Waals surface area contributed by atoms with E-state index < -0.39 is 5.92 Å². The molecule has 2 N–H and O–H groups in total. The minimum Gasteiger partial charge on any atom is -0.381 e. The second kappa shape index (κ2) is 12.2. The smallest absolute Gasteiger partial charge is 0.253 e. The van der Waals surface area contributed by atoms with Gasteiger partial charge in [0.2, 0.25) is 0 Å². The van der Waals surface area contributed by atoms with Crippen LogP contribution in [0.25, 0.3) is 0 Å². The van der Waals surface area contributed by atoms with E-state index in [9.17, 15) is 18.4 Å². The second-order valence-corrected chi connectivity index (χ2v) is 12.2. The highest BCUT2D eigenvalue weighted by molar-refractivity contribution is 5.97. The first-order chi connectivity index (χ1) is 19.6. The lowest BCUT2D eigenvalue weighted by molar-refractivity contribution is -0.0558. The number of aryl methyl sites for hydroxylation is 2. The molecule has 1 saturated carbocycles. The van der Waals surface area contributed by atoms with Gasteiger partial charge in [0.15, 0.2) is 0 Å². The normalized spacial score (nSPS) is 22.9. The van der Waals surface area contributed by atoms with Gasteiger partial charge in [-0.1, -0.05) is 0 Å². The van der Waals surface area contributed by atoms with Crippen LogP contribution in [0.3, 0.4) is 0 Å². The molecule has 1 aromatic carbocycles. The second-order valence-electron chi connectivity index (χ2n) is 12.2. The first kappa shape index (κ1) is 29.7. The van der Waals surface area contributed by atoms with Gasteiger partial charge < -0.3 is 24.8 Å². The summed E-state index contributed by atoms with van der Waals surface area (Å²) in [5.74, 6) is -2.02. The van der Waals surface area contributed by atoms with Gasteiger partial charge in [-0.15, -0.1) is 0 Å². The average molecular weight is 571 g/mol. The van der Waals surface area contributed by atoms with Gasteiger partial charge in [0.1, 0.15) is 0 Å². The minimum absolute atomic E-state index is 0.0662. The maximum atomic E-state index is 13.7. The highest BCUT2D eigenvalue weighted by atomic mass is 19.3. The number of benzene rings is 1. The monoisotopic (exact) mass is 570 g/mol. The van der Waals surface area contributed by atoms with Gasteiger partial charge in [-0.25, -0.2) is 8.78 Å². The Balaban J connectivity index is 1.39. The van der Waals surface area contributed by atoms with Crippen molar-refractivity contribution in [3.8, 4) is 0 Å². The van der Waals surface area contributed by atoms with Crippen molar-refractivity contribution in [2.24, 2.45) is 5.92 Å². The Morgan fingerprint density at radius 2 is 1.85 bits per heavy atom. The van der Waals surface area contributed by atoms with Crippen LogP contribution in [-0.2, 0) is 11.3 Å². The number of anilines is 1. The number of likely N-dealkylation sites (tertiary alicyclic amines) is 1. The average Bonchev–Trinajstić information content (AvgIpc) is 3.70. The Morgan fingerprint density at radius 3 is 2.51 bits per heavy atom. The number of hydrogen-bond donors (Lipinski definition) is 2. The van der Waals surface area contributed by atoms with E-state index in [0.717, 1.165) is 73.6 Å². The largest absolute Gasteiger partial charge is 0.381 e. The fraction of sp³-hybridized carbons (Fsp3) is 0.625. The Bertz CT molecular complexity index is 1310. The molecule has 2 saturated heterocycles. The van der Waals surface area contributed by atoms with Crippen molar-refractivity contribution in [1.82, 2.24) is 15.2 Å². The summed E-state index contributed by atoms with van der Waals surface area (Å²) in [6.07, 6.45) is 2.75. The fourth-order valence-electron chi connectivity index (χ4n) is 6.71. The standard InChI is InChI=1S/C32H44F2N4O3/c1-5-38(25-6-12-41-13-7-25)29-17-23(27-16-24(27)19-37-10-8-32(33,34)9-11-37)15-26(22(29)4)30(39)35-18-28-20(2)14-21(3)36-31(28)40/h14-15,17,24-25,27H,5-13,16,18-19H2,1-4H3,(H,35,39)(H,36,40). The van der Waals surface area contributed by atoms with Gasteiger partial charge >= 0.3 is 0 Å². The number of aromatic nitrogens is 1. The topological polar surface area (TPSA) is 77.7 Å². The zero-order valence-electron chi connectivity index (χ0n) is 24.8. The number of carbonyl (C=O) groups is 1. The molecule has 224 valence electrons. The minimum atomic E-state index is -2.54. The molecule has 2 aliphatic heterocycles. The number of amides is 1. The molecule has 1 aliphatic carbocycles. The molecule has 1 amide bonds. The van der Waals surface area contributed by atoms with Gasteiger partial charge in [0.25, 0.3) is 17.4 Å². The van der Waals surface area contributed by atoms with E-state index in [2.05, 4.69) is 33.1 Å². The summed E-state index contributed by atoms with van der Waals surface area (Å²) < 4.78 is 33.0. The van der Waals surface area contributed by atoms with Crippen molar-refractivity contribution in [3.05, 3.63) is 62.1 Å². The quantitative estimate of drug-likeness (QED) is 0.440. The van der Waals surface area contributed by atoms with Gasteiger partial charge in [0, 0.05) is 87.3 Å². The number of ether oxygens (including phenoxy) is 1. The van der Waals surface area contributed by atoms with E-state index in [4.69, 9.17) is 4.74 Å². The molecule has 0 radical (unpaired) electrons. The number of carbonyl (C=O) groups excluding carboxylic acids is 1. The Labute approximate surface area is 241 Å². The zero-order valence-corrected chi connectivity index (χ0v) is 24.8. The van der Waals surface area contributed by atoms with E-state index in [0.29, 0.717) is 42.1 Å². The summed E-state index contributed by atoms with van der Waals surface area (Å²) in [6.45, 7) is 12.0. The maximum absolute atomic E-state index is 13.7. The van der Waals surface area contributed by atoms with Crippen LogP contribution in [0.2, 0.25) is 0 Å². The van der Waals surface area contributed by atoms with Crippen LogP contribution in [0.5, 0.6) is 0 Å². The molecule has 2 aromatic rings. The van der Waals surface area contributed by atoms with Crippen molar-refractivity contribution in [3.63, 3.8) is 0 Å². The van der Waals surface area contributed by atoms with Crippen LogP contribution < -0.4 is 15.8 Å². The molecule has 41 heavy (non-hydrogen) atoms. The number of nitrogens with zero attached hydrogens (tertiary/aromatic N) is 2. The van der Waals surface area contributed by atoms with Crippen LogP contribution in [-0.4, -0.2) is 67.1 Å². The van der Waals surface area contributed by atoms with Crippen molar-refractivity contribution < 1.29 is 18.3 Å². The first-order valence-corrected chi connectivity index (χ1v) is 15.1. The summed E-state index contributed by atoms with van der Waals surface area (Å²) in [6, 6.07) is 6.54. The maximum Gasteiger partial charge on any atom is 0.253 e. The Kier molecular flexibility index (Phi) is 8.85. The molecule has 0 spiro atoms. The fourth-order valence-corrected chi connectivity index (χ4v) is 6.71. The van der Waals surface area contributed by atoms with Crippen molar-refractivity contribution in [2.45, 2.75) is 84.2 Å². The molecule has 3 aliphatic rings. The Hall–Kier alpha value is -2.78. The van der Waals surface area contributed by atoms with E-state index >= 15 is 0 Å². The van der Waals surface area contributed by atoms with E-state index in [1.807, 2.05) is 32.9 Å². The lowest BCUT2D eigenvalue weighted by Crippen LogP contribution is -2.40. The van der Waals surface area contributed by atoms with E-state index in [-0.39, 0.29) is 30.9 Å². The van der Waals surface area contributed by atoms with Crippen LogP contribution in [0.1, 0.15) is 83.3 Å². The number of pyridine rings is 1. The Morgan fingerprint density at radius 1 is 1.15 bits per heavy atom. The van der Waals surface area contributed by atoms with Gasteiger partial charge in [-0.2, -0.15) is 0 Å². The molecule has 5 rings (SSSR count). The number of halogens is 2. The summed E-state index contributed by atoms with van der Waals surface area (Å²) in [5.41, 5.74) is 5.81. The van der Waals surface area contributed by atoms with Crippen molar-refractivity contribution in [2.75, 3.05) is 44.3 Å². The highest BCUT2D eigenvalue weighted by Gasteiger charge is 2.42. The summed E-state index contributed by atoms with van der Waals surface area (Å²) in [5, 5.41) is 3.02. The predicted octanol–water partition coefficient (Wildman–Crippen LogP) is 5.07. The molecule has 9 heteroatoms. The van der Waals surface area contributed by atoms with E-state index in [1.54, 1.807) is 0 Å². The van der Waals surface area contributed by atoms with Gasteiger partial charge in [-0.3, -0.25) is 9.59 Å².